The molecule has 0 amide bonds. The van der Waals surface area contributed by atoms with Crippen molar-refractivity contribution in [2.24, 2.45) is 15.9 Å². The van der Waals surface area contributed by atoms with Gasteiger partial charge in [-0.05, 0) is 25.1 Å². The van der Waals surface area contributed by atoms with Gasteiger partial charge in [0.2, 0.25) is 0 Å². The predicted molar refractivity (Wildman–Crippen MR) is 79.7 cm³/mol. The van der Waals surface area contributed by atoms with Gasteiger partial charge in [-0.1, -0.05) is 5.10 Å². The van der Waals surface area contributed by atoms with Gasteiger partial charge in [-0.25, -0.2) is 5.32 Å². The minimum atomic E-state index is -5.22. The summed E-state index contributed by atoms with van der Waals surface area (Å²) in [7, 11) is 0. The molecule has 0 spiro atoms. The molecule has 0 saturated heterocycles. The van der Waals surface area contributed by atoms with E-state index in [1.54, 1.807) is 0 Å². The molecule has 1 aromatic rings. The maximum absolute atomic E-state index is 12.8. The first-order valence-electron chi connectivity index (χ1n) is 6.87. The third kappa shape index (κ3) is 4.81. The molecule has 26 heavy (non-hydrogen) atoms. The molecule has 1 heterocycles. The van der Waals surface area contributed by atoms with Gasteiger partial charge in [0.25, 0.3) is 0 Å². The first-order chi connectivity index (χ1) is 11.9. The molecular formula is C14H12F6N5O+. The molecule has 0 unspecified atom stereocenters. The van der Waals surface area contributed by atoms with Crippen LogP contribution >= 0.6 is 0 Å². The summed E-state index contributed by atoms with van der Waals surface area (Å²) in [5, 5.41) is 15.9. The van der Waals surface area contributed by atoms with E-state index in [-0.39, 0.29) is 34.7 Å². The Kier molecular flexibility index (Phi) is 5.07. The fraction of sp³-hybridized carbons (Fsp3) is 0.214. The number of ether oxygens (including phenoxy) is 1. The molecule has 0 saturated carbocycles. The number of allylic oxidation sites excluding steroid dienone is 2. The molecule has 0 aromatic heterocycles. The van der Waals surface area contributed by atoms with E-state index in [0.717, 1.165) is 6.07 Å². The van der Waals surface area contributed by atoms with Crippen molar-refractivity contribution >= 4 is 17.4 Å². The quantitative estimate of drug-likeness (QED) is 0.553. The highest BCUT2D eigenvalue weighted by molar-refractivity contribution is 6.16. The zero-order valence-electron chi connectivity index (χ0n) is 13.0. The Bertz CT molecular complexity index is 822. The number of nitrogens with two attached hydrogens (primary N) is 2. The molecule has 0 fully saturated rings. The fourth-order valence-corrected chi connectivity index (χ4v) is 2.08. The molecule has 0 bridgehead atoms. The van der Waals surface area contributed by atoms with E-state index in [9.17, 15) is 26.3 Å². The molecular weight excluding hydrogens is 368 g/mol. The van der Waals surface area contributed by atoms with E-state index in [1.807, 2.05) is 0 Å². The van der Waals surface area contributed by atoms with Crippen LogP contribution in [0.4, 0.5) is 26.3 Å². The second-order valence-electron chi connectivity index (χ2n) is 5.16. The van der Waals surface area contributed by atoms with Gasteiger partial charge >= 0.3 is 18.5 Å². The van der Waals surface area contributed by atoms with Crippen molar-refractivity contribution in [2.75, 3.05) is 0 Å². The van der Waals surface area contributed by atoms with Gasteiger partial charge < -0.3 is 15.9 Å². The SMILES string of the molecule is CC(=N)/C=C1\[NH2+]C(N)=NN=C1c1ccc(C(F)(F)F)cc1OC(F)(F)F. The third-order valence-corrected chi connectivity index (χ3v) is 3.00. The number of hydrogen-bond acceptors (Lipinski definition) is 5. The largest absolute Gasteiger partial charge is 0.573 e. The summed E-state index contributed by atoms with van der Waals surface area (Å²) in [4.78, 5) is 0. The molecule has 1 aromatic carbocycles. The van der Waals surface area contributed by atoms with E-state index in [4.69, 9.17) is 11.1 Å². The van der Waals surface area contributed by atoms with E-state index in [0.29, 0.717) is 6.07 Å². The van der Waals surface area contributed by atoms with Crippen LogP contribution in [0.25, 0.3) is 0 Å². The van der Waals surface area contributed by atoms with Crippen LogP contribution in [-0.2, 0) is 6.18 Å². The topological polar surface area (TPSA) is 100 Å². The van der Waals surface area contributed by atoms with Gasteiger partial charge in [-0.2, -0.15) is 13.2 Å². The Morgan fingerprint density at radius 3 is 2.38 bits per heavy atom. The van der Waals surface area contributed by atoms with E-state index >= 15 is 0 Å². The van der Waals surface area contributed by atoms with E-state index < -0.39 is 23.9 Å². The summed E-state index contributed by atoms with van der Waals surface area (Å²) in [6.45, 7) is 1.39. The predicted octanol–water partition coefficient (Wildman–Crippen LogP) is 2.12. The summed E-state index contributed by atoms with van der Waals surface area (Å²) >= 11 is 0. The number of hydrogen-bond donors (Lipinski definition) is 3. The van der Waals surface area contributed by atoms with Gasteiger partial charge in [0.15, 0.2) is 11.4 Å². The highest BCUT2D eigenvalue weighted by Crippen LogP contribution is 2.36. The number of quaternary nitrogens is 1. The fourth-order valence-electron chi connectivity index (χ4n) is 2.08. The monoisotopic (exact) mass is 380 g/mol. The maximum Gasteiger partial charge on any atom is 0.573 e. The molecule has 0 aliphatic carbocycles. The van der Waals surface area contributed by atoms with Crippen LogP contribution in [0.15, 0.2) is 40.2 Å². The minimum Gasteiger partial charge on any atom is -0.405 e. The number of guanidine groups is 1. The Hall–Kier alpha value is -2.89. The van der Waals surface area contributed by atoms with Crippen LogP contribution < -0.4 is 15.8 Å². The normalized spacial score (nSPS) is 17.0. The van der Waals surface area contributed by atoms with Crippen molar-refractivity contribution in [2.45, 2.75) is 19.5 Å². The first kappa shape index (κ1) is 19.4. The Morgan fingerprint density at radius 2 is 1.85 bits per heavy atom. The summed E-state index contributed by atoms with van der Waals surface area (Å²) in [5.74, 6) is -1.17. The summed E-state index contributed by atoms with van der Waals surface area (Å²) < 4.78 is 80.1. The van der Waals surface area contributed by atoms with Crippen molar-refractivity contribution in [3.05, 3.63) is 41.1 Å². The van der Waals surface area contributed by atoms with Crippen molar-refractivity contribution in [3.63, 3.8) is 0 Å². The third-order valence-electron chi connectivity index (χ3n) is 3.00. The van der Waals surface area contributed by atoms with Crippen molar-refractivity contribution in [1.29, 1.82) is 5.41 Å². The lowest BCUT2D eigenvalue weighted by atomic mass is 10.0. The Labute approximate surface area is 142 Å². The lowest BCUT2D eigenvalue weighted by Gasteiger charge is -2.18. The van der Waals surface area contributed by atoms with Crippen molar-refractivity contribution in [1.82, 2.24) is 0 Å². The lowest BCUT2D eigenvalue weighted by molar-refractivity contribution is -0.477. The minimum absolute atomic E-state index is 0.0175. The summed E-state index contributed by atoms with van der Waals surface area (Å²) in [5.41, 5.74) is 3.69. The zero-order valence-corrected chi connectivity index (χ0v) is 13.0. The average Bonchev–Trinajstić information content (AvgIpc) is 2.44. The molecule has 12 heteroatoms. The molecule has 5 N–H and O–H groups in total. The highest BCUT2D eigenvalue weighted by Gasteiger charge is 2.37. The van der Waals surface area contributed by atoms with E-state index in [2.05, 4.69) is 14.9 Å². The second kappa shape index (κ2) is 6.78. The Balaban J connectivity index is 2.65. The lowest BCUT2D eigenvalue weighted by Crippen LogP contribution is -2.90. The van der Waals surface area contributed by atoms with Gasteiger partial charge in [0, 0.05) is 11.8 Å². The Morgan fingerprint density at radius 1 is 1.19 bits per heavy atom. The standard InChI is InChI=1S/C14H11F6N5O/c1-6(21)4-9-11(24-25-12(22)23-9)8-3-2-7(13(15,16)17)5-10(8)26-14(18,19)20/h2-5,21H,1H3,(H3,22,23,25)/p+1/b9-4-,21-6?. The summed E-state index contributed by atoms with van der Waals surface area (Å²) in [6, 6.07) is 1.61. The molecule has 6 nitrogen and oxygen atoms in total. The van der Waals surface area contributed by atoms with Crippen molar-refractivity contribution in [3.8, 4) is 5.75 Å². The number of nitrogens with zero attached hydrogens (tertiary/aromatic N) is 2. The number of alkyl halides is 6. The van der Waals surface area contributed by atoms with Crippen molar-refractivity contribution < 1.29 is 36.4 Å². The molecule has 0 atom stereocenters. The number of benzene rings is 1. The van der Waals surface area contributed by atoms with Gasteiger partial charge in [-0.15, -0.1) is 18.3 Å². The average molecular weight is 380 g/mol. The smallest absolute Gasteiger partial charge is 0.405 e. The maximum atomic E-state index is 12.8. The molecule has 2 rings (SSSR count). The number of rotatable bonds is 3. The molecule has 0 radical (unpaired) electrons. The van der Waals surface area contributed by atoms with Gasteiger partial charge in [0.1, 0.15) is 5.75 Å². The van der Waals surface area contributed by atoms with Crippen LogP contribution in [0.5, 0.6) is 5.75 Å². The van der Waals surface area contributed by atoms with Crippen LogP contribution in [-0.4, -0.2) is 23.7 Å². The van der Waals surface area contributed by atoms with Gasteiger partial charge in [-0.3, -0.25) is 0 Å². The highest BCUT2D eigenvalue weighted by atomic mass is 19.4. The molecule has 1 aliphatic rings. The molecule has 140 valence electrons. The first-order valence-corrected chi connectivity index (χ1v) is 6.87. The van der Waals surface area contributed by atoms with Crippen LogP contribution in [0.1, 0.15) is 18.1 Å². The van der Waals surface area contributed by atoms with Crippen LogP contribution in [0.2, 0.25) is 0 Å². The summed E-state index contributed by atoms with van der Waals surface area (Å²) in [6.07, 6.45) is -8.85. The van der Waals surface area contributed by atoms with Crippen LogP contribution in [0.3, 0.4) is 0 Å². The van der Waals surface area contributed by atoms with Crippen LogP contribution in [0, 0.1) is 5.41 Å². The number of nitrogens with one attached hydrogen (secondary N) is 1. The van der Waals surface area contributed by atoms with Gasteiger partial charge in [0.05, 0.1) is 11.1 Å². The second-order valence-corrected chi connectivity index (χ2v) is 5.16. The van der Waals surface area contributed by atoms with E-state index in [1.165, 1.54) is 18.3 Å². The number of halogens is 6. The molecule has 1 aliphatic heterocycles. The zero-order chi connectivity index (χ0) is 19.7.